The third-order valence-corrected chi connectivity index (χ3v) is 4.00. The van der Waals surface area contributed by atoms with Gasteiger partial charge in [-0.3, -0.25) is 9.97 Å². The number of hydrogen-bond donors (Lipinski definition) is 0. The molecule has 0 amide bonds. The number of aromatic nitrogens is 3. The van der Waals surface area contributed by atoms with E-state index in [2.05, 4.69) is 62.9 Å². The summed E-state index contributed by atoms with van der Waals surface area (Å²) in [5, 5.41) is 3.90. The van der Waals surface area contributed by atoms with Gasteiger partial charge in [0.05, 0.1) is 5.69 Å². The molecule has 0 saturated carbocycles. The van der Waals surface area contributed by atoms with Crippen molar-refractivity contribution in [1.82, 2.24) is 15.1 Å². The van der Waals surface area contributed by atoms with Gasteiger partial charge in [-0.25, -0.2) is 0 Å². The molecule has 0 saturated heterocycles. The van der Waals surface area contributed by atoms with E-state index < -0.39 is 0 Å². The van der Waals surface area contributed by atoms with Gasteiger partial charge in [0.25, 0.3) is 0 Å². The van der Waals surface area contributed by atoms with E-state index in [-0.39, 0.29) is 0 Å². The first-order valence-electron chi connectivity index (χ1n) is 6.27. The maximum Gasteiger partial charge on any atom is 0.141 e. The minimum Gasteiger partial charge on any atom is -0.361 e. The summed E-state index contributed by atoms with van der Waals surface area (Å²) in [6.45, 7) is 3.82. The normalized spacial score (nSPS) is 10.0. The Morgan fingerprint density at radius 3 is 1.77 bits per heavy atom. The first kappa shape index (κ1) is 17.3. The van der Waals surface area contributed by atoms with Crippen molar-refractivity contribution >= 4 is 47.8 Å². The average Bonchev–Trinajstić information content (AvgIpc) is 2.78. The summed E-state index contributed by atoms with van der Waals surface area (Å²) in [4.78, 5) is 8.00. The highest BCUT2D eigenvalue weighted by molar-refractivity contribution is 9.11. The zero-order chi connectivity index (χ0) is 16.1. The quantitative estimate of drug-likeness (QED) is 0.438. The van der Waals surface area contributed by atoms with Crippen molar-refractivity contribution in [2.24, 2.45) is 0 Å². The van der Waals surface area contributed by atoms with Crippen molar-refractivity contribution < 1.29 is 4.52 Å². The molecular weight excluding hydrogens is 478 g/mol. The van der Waals surface area contributed by atoms with Gasteiger partial charge in [0.1, 0.15) is 5.76 Å². The van der Waals surface area contributed by atoms with Crippen LogP contribution in [-0.4, -0.2) is 15.1 Å². The van der Waals surface area contributed by atoms with Crippen LogP contribution in [0.3, 0.4) is 0 Å². The highest BCUT2D eigenvalue weighted by atomic mass is 79.9. The van der Waals surface area contributed by atoms with Crippen LogP contribution in [-0.2, 0) is 0 Å². The monoisotopic (exact) mass is 487 g/mol. The molecule has 0 unspecified atom stereocenters. The van der Waals surface area contributed by atoms with E-state index in [1.165, 1.54) is 0 Å². The van der Waals surface area contributed by atoms with E-state index in [0.29, 0.717) is 0 Å². The minimum atomic E-state index is 0.822. The molecule has 7 heteroatoms. The van der Waals surface area contributed by atoms with Crippen molar-refractivity contribution in [1.29, 1.82) is 0 Å². The summed E-state index contributed by atoms with van der Waals surface area (Å²) in [6, 6.07) is 3.94. The average molecular weight is 490 g/mol. The number of pyridine rings is 2. The fraction of sp³-hybridized carbons (Fsp3) is 0.133. The molecule has 0 aliphatic rings. The van der Waals surface area contributed by atoms with Crippen LogP contribution in [0.2, 0.25) is 0 Å². The smallest absolute Gasteiger partial charge is 0.141 e. The summed E-state index contributed by atoms with van der Waals surface area (Å²) in [6.07, 6.45) is 7.04. The molecule has 114 valence electrons. The Hall–Kier alpha value is -1.05. The summed E-state index contributed by atoms with van der Waals surface area (Å²) in [5.41, 5.74) is 2.94. The predicted molar refractivity (Wildman–Crippen MR) is 96.5 cm³/mol. The Bertz CT molecular complexity index is 737. The largest absolute Gasteiger partial charge is 0.361 e. The molecule has 3 heterocycles. The Balaban J connectivity index is 0.000000188. The molecular formula is C15H12Br3N3O. The van der Waals surface area contributed by atoms with Gasteiger partial charge in [-0.1, -0.05) is 5.16 Å². The molecule has 0 atom stereocenters. The topological polar surface area (TPSA) is 51.8 Å². The predicted octanol–water partition coefficient (Wildman–Crippen LogP) is 5.72. The second-order valence-electron chi connectivity index (χ2n) is 4.41. The van der Waals surface area contributed by atoms with Gasteiger partial charge in [0, 0.05) is 49.3 Å². The second kappa shape index (κ2) is 7.99. The Morgan fingerprint density at radius 1 is 0.818 bits per heavy atom. The second-order valence-corrected chi connectivity index (χ2v) is 7.16. The lowest BCUT2D eigenvalue weighted by Gasteiger charge is -1.99. The van der Waals surface area contributed by atoms with E-state index in [4.69, 9.17) is 4.52 Å². The van der Waals surface area contributed by atoms with Gasteiger partial charge in [0.15, 0.2) is 0 Å². The molecule has 0 bridgehead atoms. The maximum absolute atomic E-state index is 5.10. The summed E-state index contributed by atoms with van der Waals surface area (Å²) < 4.78 is 8.04. The van der Waals surface area contributed by atoms with E-state index in [1.54, 1.807) is 24.8 Å². The van der Waals surface area contributed by atoms with Gasteiger partial charge >= 0.3 is 0 Å². The third-order valence-electron chi connectivity index (χ3n) is 2.70. The Labute approximate surface area is 153 Å². The lowest BCUT2D eigenvalue weighted by atomic mass is 10.1. The molecule has 0 aromatic carbocycles. The van der Waals surface area contributed by atoms with E-state index in [1.807, 2.05) is 26.0 Å². The van der Waals surface area contributed by atoms with Gasteiger partial charge in [-0.05, 0) is 73.8 Å². The molecule has 0 aliphatic carbocycles. The zero-order valence-corrected chi connectivity index (χ0v) is 16.6. The number of nitrogens with zero attached hydrogens (tertiary/aromatic N) is 3. The number of aryl methyl sites for hydroxylation is 2. The van der Waals surface area contributed by atoms with Gasteiger partial charge in [0.2, 0.25) is 0 Å². The van der Waals surface area contributed by atoms with Crippen LogP contribution < -0.4 is 0 Å². The molecule has 3 aromatic heterocycles. The van der Waals surface area contributed by atoms with Crippen molar-refractivity contribution in [3.63, 3.8) is 0 Å². The van der Waals surface area contributed by atoms with Gasteiger partial charge < -0.3 is 4.52 Å². The standard InChI is InChI=1S/C10H9BrN2O.C5H3Br2N/c1-6-10(7(2)14-13-6)8-3-9(11)5-12-4-8;6-4-1-5(7)3-8-2-4/h3-5H,1-2H3;1-3H. The Morgan fingerprint density at radius 2 is 1.36 bits per heavy atom. The van der Waals surface area contributed by atoms with Crippen LogP contribution in [0.15, 0.2) is 54.9 Å². The highest BCUT2D eigenvalue weighted by Gasteiger charge is 2.11. The highest BCUT2D eigenvalue weighted by Crippen LogP contribution is 2.27. The summed E-state index contributed by atoms with van der Waals surface area (Å²) >= 11 is 9.92. The van der Waals surface area contributed by atoms with E-state index in [0.717, 1.165) is 36.0 Å². The van der Waals surface area contributed by atoms with Gasteiger partial charge in [-0.15, -0.1) is 0 Å². The molecule has 3 rings (SSSR count). The van der Waals surface area contributed by atoms with Crippen LogP contribution in [0.4, 0.5) is 0 Å². The maximum atomic E-state index is 5.10. The lowest BCUT2D eigenvalue weighted by molar-refractivity contribution is 0.393. The van der Waals surface area contributed by atoms with Crippen LogP contribution in [0.25, 0.3) is 11.1 Å². The van der Waals surface area contributed by atoms with Gasteiger partial charge in [-0.2, -0.15) is 0 Å². The molecule has 0 N–H and O–H groups in total. The number of hydrogen-bond acceptors (Lipinski definition) is 4. The van der Waals surface area contributed by atoms with Crippen LogP contribution in [0.5, 0.6) is 0 Å². The zero-order valence-electron chi connectivity index (χ0n) is 11.8. The minimum absolute atomic E-state index is 0.822. The first-order valence-corrected chi connectivity index (χ1v) is 8.65. The van der Waals surface area contributed by atoms with Crippen molar-refractivity contribution in [2.45, 2.75) is 13.8 Å². The molecule has 4 nitrogen and oxygen atoms in total. The van der Waals surface area contributed by atoms with E-state index in [9.17, 15) is 0 Å². The van der Waals surface area contributed by atoms with E-state index >= 15 is 0 Å². The SMILES string of the molecule is Brc1cncc(Br)c1.Cc1noc(C)c1-c1cncc(Br)c1. The number of rotatable bonds is 1. The fourth-order valence-electron chi connectivity index (χ4n) is 1.83. The Kier molecular flexibility index (Phi) is 6.28. The summed E-state index contributed by atoms with van der Waals surface area (Å²) in [5.74, 6) is 0.822. The molecule has 0 aliphatic heterocycles. The molecule has 0 radical (unpaired) electrons. The molecule has 0 fully saturated rings. The summed E-state index contributed by atoms with van der Waals surface area (Å²) in [7, 11) is 0. The van der Waals surface area contributed by atoms with Crippen molar-refractivity contribution in [3.05, 3.63) is 61.8 Å². The van der Waals surface area contributed by atoms with Crippen LogP contribution in [0, 0.1) is 13.8 Å². The first-order chi connectivity index (χ1) is 10.5. The molecule has 3 aromatic rings. The fourth-order valence-corrected chi connectivity index (χ4v) is 3.23. The molecule has 0 spiro atoms. The molecule has 22 heavy (non-hydrogen) atoms. The van der Waals surface area contributed by atoms with Crippen molar-refractivity contribution in [2.75, 3.05) is 0 Å². The number of halogens is 3. The van der Waals surface area contributed by atoms with Crippen LogP contribution in [0.1, 0.15) is 11.5 Å². The third kappa shape index (κ3) is 4.72. The van der Waals surface area contributed by atoms with Crippen LogP contribution >= 0.6 is 47.8 Å². The lowest BCUT2D eigenvalue weighted by Crippen LogP contribution is -1.83. The van der Waals surface area contributed by atoms with Crippen molar-refractivity contribution in [3.8, 4) is 11.1 Å².